The Morgan fingerprint density at radius 1 is 1.30 bits per heavy atom. The van der Waals surface area contributed by atoms with Crippen LogP contribution in [0.2, 0.25) is 0 Å². The van der Waals surface area contributed by atoms with E-state index in [1.165, 1.54) is 6.92 Å². The van der Waals surface area contributed by atoms with Gasteiger partial charge < -0.3 is 4.52 Å². The van der Waals surface area contributed by atoms with Crippen LogP contribution in [-0.4, -0.2) is 16.0 Å². The second-order valence-corrected chi connectivity index (χ2v) is 5.19. The first kappa shape index (κ1) is 17.0. The van der Waals surface area contributed by atoms with E-state index in [9.17, 15) is 18.0 Å². The minimum Gasteiger partial charge on any atom is -0.338 e. The fourth-order valence-corrected chi connectivity index (χ4v) is 2.49. The zero-order valence-electron chi connectivity index (χ0n) is 13.1. The number of carbonyl (C=O) groups excluding carboxylic acids is 1. The van der Waals surface area contributed by atoms with Crippen molar-refractivity contribution in [1.82, 2.24) is 10.1 Å². The Bertz CT molecular complexity index is 728. The lowest BCUT2D eigenvalue weighted by molar-refractivity contribution is -0.143. The van der Waals surface area contributed by atoms with Crippen molar-refractivity contribution in [2.45, 2.75) is 40.3 Å². The van der Waals surface area contributed by atoms with Gasteiger partial charge in [-0.2, -0.15) is 13.2 Å². The van der Waals surface area contributed by atoms with E-state index in [2.05, 4.69) is 20.0 Å². The van der Waals surface area contributed by atoms with Gasteiger partial charge in [0.25, 0.3) is 5.91 Å². The molecule has 2 aromatic heterocycles. The van der Waals surface area contributed by atoms with Gasteiger partial charge in [-0.3, -0.25) is 15.1 Å². The number of nitrogens with one attached hydrogen (secondary N) is 1. The average molecular weight is 327 g/mol. The third-order valence-corrected chi connectivity index (χ3v) is 3.39. The molecule has 124 valence electrons. The van der Waals surface area contributed by atoms with Crippen molar-refractivity contribution in [2.75, 3.05) is 5.32 Å². The quantitative estimate of drug-likeness (QED) is 0.930. The summed E-state index contributed by atoms with van der Waals surface area (Å²) in [4.78, 5) is 16.6. The van der Waals surface area contributed by atoms with Gasteiger partial charge in [0.2, 0.25) is 5.88 Å². The summed E-state index contributed by atoms with van der Waals surface area (Å²) in [6, 6.07) is 1.73. The van der Waals surface area contributed by atoms with Gasteiger partial charge in [-0.25, -0.2) is 0 Å². The molecular formula is C15H16F3N3O2. The fourth-order valence-electron chi connectivity index (χ4n) is 2.49. The molecule has 2 aromatic rings. The van der Waals surface area contributed by atoms with Gasteiger partial charge in [-0.05, 0) is 38.8 Å². The number of nitrogens with zero attached hydrogens (tertiary/aromatic N) is 2. The smallest absolute Gasteiger partial charge is 0.338 e. The summed E-state index contributed by atoms with van der Waals surface area (Å²) in [5, 5.41) is 5.40. The summed E-state index contributed by atoms with van der Waals surface area (Å²) < 4.78 is 43.2. The van der Waals surface area contributed by atoms with Crippen molar-refractivity contribution in [3.05, 3.63) is 39.8 Å². The molecule has 0 bridgehead atoms. The monoisotopic (exact) mass is 327 g/mol. The molecule has 0 unspecified atom stereocenters. The lowest BCUT2D eigenvalue weighted by Crippen LogP contribution is -2.17. The second kappa shape index (κ2) is 6.02. The van der Waals surface area contributed by atoms with Gasteiger partial charge >= 0.3 is 6.18 Å². The first-order valence-corrected chi connectivity index (χ1v) is 6.97. The summed E-state index contributed by atoms with van der Waals surface area (Å²) in [6.45, 7) is 6.72. The van der Waals surface area contributed by atoms with Gasteiger partial charge in [0.05, 0.1) is 11.3 Å². The minimum absolute atomic E-state index is 0.0259. The summed E-state index contributed by atoms with van der Waals surface area (Å²) in [6.07, 6.45) is -4.60. The van der Waals surface area contributed by atoms with Gasteiger partial charge in [-0.15, -0.1) is 0 Å². The number of pyridine rings is 1. The molecule has 0 radical (unpaired) electrons. The predicted molar refractivity (Wildman–Crippen MR) is 77.3 cm³/mol. The Morgan fingerprint density at radius 3 is 2.48 bits per heavy atom. The normalized spacial score (nSPS) is 11.6. The highest BCUT2D eigenvalue weighted by Gasteiger charge is 2.39. The molecule has 1 N–H and O–H groups in total. The molecule has 8 heteroatoms. The predicted octanol–water partition coefficient (Wildman–Crippen LogP) is 3.83. The summed E-state index contributed by atoms with van der Waals surface area (Å²) in [7, 11) is 0. The van der Waals surface area contributed by atoms with E-state index >= 15 is 0 Å². The molecule has 23 heavy (non-hydrogen) atoms. The summed E-state index contributed by atoms with van der Waals surface area (Å²) >= 11 is 0. The van der Waals surface area contributed by atoms with Gasteiger partial charge in [0.15, 0.2) is 5.69 Å². The van der Waals surface area contributed by atoms with Crippen LogP contribution >= 0.6 is 0 Å². The summed E-state index contributed by atoms with van der Waals surface area (Å²) in [5.41, 5.74) is 0.939. The van der Waals surface area contributed by atoms with Crippen molar-refractivity contribution < 1.29 is 22.5 Å². The zero-order chi connectivity index (χ0) is 17.4. The molecule has 2 rings (SSSR count). The molecule has 2 heterocycles. The molecule has 0 aliphatic heterocycles. The maximum atomic E-state index is 12.8. The van der Waals surface area contributed by atoms with E-state index < -0.39 is 17.8 Å². The number of aromatic nitrogens is 2. The van der Waals surface area contributed by atoms with Crippen LogP contribution in [0.25, 0.3) is 0 Å². The molecule has 5 nitrogen and oxygen atoms in total. The zero-order valence-corrected chi connectivity index (χ0v) is 13.1. The third-order valence-electron chi connectivity index (χ3n) is 3.39. The fraction of sp³-hybridized carbons (Fsp3) is 0.400. The molecule has 0 saturated heterocycles. The molecule has 0 fully saturated rings. The van der Waals surface area contributed by atoms with Crippen molar-refractivity contribution in [3.63, 3.8) is 0 Å². The van der Waals surface area contributed by atoms with E-state index in [0.29, 0.717) is 16.8 Å². The van der Waals surface area contributed by atoms with Gasteiger partial charge in [-0.1, -0.05) is 12.1 Å². The highest BCUT2D eigenvalue weighted by atomic mass is 19.4. The maximum absolute atomic E-state index is 12.8. The molecule has 0 spiro atoms. The van der Waals surface area contributed by atoms with Crippen LogP contribution in [0.15, 0.2) is 10.6 Å². The number of hydrogen-bond acceptors (Lipinski definition) is 4. The number of anilines is 1. The second-order valence-electron chi connectivity index (χ2n) is 5.19. The van der Waals surface area contributed by atoms with Crippen molar-refractivity contribution >= 4 is 11.8 Å². The molecule has 0 aliphatic rings. The van der Waals surface area contributed by atoms with Crippen molar-refractivity contribution in [1.29, 1.82) is 0 Å². The standard InChI is InChI=1S/C15H16F3N3O2/c1-5-10-12(15(16,17)18)21-23-14(10)20-13(22)11-7(2)6-8(3)19-9(11)4/h6H,5H2,1-4H3,(H,20,22). The van der Waals surface area contributed by atoms with E-state index in [1.807, 2.05) is 0 Å². The van der Waals surface area contributed by atoms with Gasteiger partial charge in [0.1, 0.15) is 0 Å². The Kier molecular flexibility index (Phi) is 4.44. The SMILES string of the molecule is CCc1c(C(F)(F)F)noc1NC(=O)c1c(C)cc(C)nc1C. The van der Waals surface area contributed by atoms with E-state index in [0.717, 1.165) is 5.69 Å². The van der Waals surface area contributed by atoms with E-state index in [4.69, 9.17) is 0 Å². The van der Waals surface area contributed by atoms with Crippen molar-refractivity contribution in [2.24, 2.45) is 0 Å². The number of halogens is 3. The molecule has 0 aromatic carbocycles. The Balaban J connectivity index is 2.37. The van der Waals surface area contributed by atoms with Crippen LogP contribution in [0.4, 0.5) is 19.1 Å². The Hall–Kier alpha value is -2.38. The van der Waals surface area contributed by atoms with Crippen LogP contribution in [0.5, 0.6) is 0 Å². The Morgan fingerprint density at radius 2 is 1.96 bits per heavy atom. The topological polar surface area (TPSA) is 68.0 Å². The van der Waals surface area contributed by atoms with Crippen LogP contribution in [0.1, 0.15) is 45.5 Å². The molecule has 0 atom stereocenters. The van der Waals surface area contributed by atoms with Crippen molar-refractivity contribution in [3.8, 4) is 0 Å². The number of aryl methyl sites for hydroxylation is 3. The van der Waals surface area contributed by atoms with Crippen LogP contribution in [0.3, 0.4) is 0 Å². The van der Waals surface area contributed by atoms with Gasteiger partial charge in [0, 0.05) is 11.3 Å². The van der Waals surface area contributed by atoms with Crippen LogP contribution in [0, 0.1) is 20.8 Å². The molecule has 0 saturated carbocycles. The highest BCUT2D eigenvalue weighted by molar-refractivity contribution is 6.05. The van der Waals surface area contributed by atoms with E-state index in [1.54, 1.807) is 26.8 Å². The summed E-state index contributed by atoms with van der Waals surface area (Å²) in [5.74, 6) is -0.865. The number of alkyl halides is 3. The minimum atomic E-state index is -4.63. The lowest BCUT2D eigenvalue weighted by Gasteiger charge is -2.10. The Labute approximate surface area is 130 Å². The molecule has 0 aliphatic carbocycles. The maximum Gasteiger partial charge on any atom is 0.437 e. The third kappa shape index (κ3) is 3.35. The van der Waals surface area contributed by atoms with Crippen LogP contribution < -0.4 is 5.32 Å². The first-order chi connectivity index (χ1) is 10.6. The number of carbonyl (C=O) groups is 1. The number of hydrogen-bond donors (Lipinski definition) is 1. The lowest BCUT2D eigenvalue weighted by atomic mass is 10.1. The van der Waals surface area contributed by atoms with E-state index in [-0.39, 0.29) is 17.9 Å². The number of amides is 1. The largest absolute Gasteiger partial charge is 0.437 e. The molecule has 1 amide bonds. The molecular weight excluding hydrogens is 311 g/mol. The highest BCUT2D eigenvalue weighted by Crippen LogP contribution is 2.35. The average Bonchev–Trinajstić information content (AvgIpc) is 2.79. The number of rotatable bonds is 3. The first-order valence-electron chi connectivity index (χ1n) is 6.97. The van der Waals surface area contributed by atoms with Crippen LogP contribution in [-0.2, 0) is 12.6 Å².